The van der Waals surface area contributed by atoms with E-state index < -0.39 is 4.92 Å². The van der Waals surface area contributed by atoms with Crippen molar-refractivity contribution >= 4 is 46.1 Å². The normalized spacial score (nSPS) is 10.4. The van der Waals surface area contributed by atoms with E-state index in [1.807, 2.05) is 41.9 Å². The van der Waals surface area contributed by atoms with Crippen molar-refractivity contribution in [1.82, 2.24) is 9.78 Å². The summed E-state index contributed by atoms with van der Waals surface area (Å²) in [5, 5.41) is 22.2. The van der Waals surface area contributed by atoms with E-state index in [-0.39, 0.29) is 5.69 Å². The molecule has 0 aliphatic heterocycles. The van der Waals surface area contributed by atoms with Gasteiger partial charge in [0.15, 0.2) is 10.9 Å². The van der Waals surface area contributed by atoms with Crippen LogP contribution in [-0.4, -0.2) is 19.8 Å². The molecule has 1 heterocycles. The Bertz CT molecular complexity index is 988. The van der Waals surface area contributed by atoms with Gasteiger partial charge in [0, 0.05) is 34.6 Å². The summed E-state index contributed by atoms with van der Waals surface area (Å²) in [6.07, 6.45) is 0. The molecular formula is C18H16ClN5O2S. The fourth-order valence-electron chi connectivity index (χ4n) is 2.47. The maximum absolute atomic E-state index is 10.8. The van der Waals surface area contributed by atoms with Crippen LogP contribution in [0.15, 0.2) is 54.6 Å². The summed E-state index contributed by atoms with van der Waals surface area (Å²) < 4.78 is 1.85. The maximum Gasteiger partial charge on any atom is 0.271 e. The number of rotatable bonds is 5. The quantitative estimate of drug-likeness (QED) is 0.369. The van der Waals surface area contributed by atoms with Gasteiger partial charge < -0.3 is 10.6 Å². The van der Waals surface area contributed by atoms with E-state index in [4.69, 9.17) is 23.8 Å². The van der Waals surface area contributed by atoms with Crippen molar-refractivity contribution in [2.24, 2.45) is 0 Å². The van der Waals surface area contributed by atoms with Gasteiger partial charge in [0.2, 0.25) is 0 Å². The predicted octanol–water partition coefficient (Wildman–Crippen LogP) is 4.61. The van der Waals surface area contributed by atoms with Crippen LogP contribution in [0, 0.1) is 17.0 Å². The first-order chi connectivity index (χ1) is 12.9. The second kappa shape index (κ2) is 8.15. The Balaban J connectivity index is 1.65. The zero-order valence-electron chi connectivity index (χ0n) is 14.3. The zero-order chi connectivity index (χ0) is 19.4. The van der Waals surface area contributed by atoms with Gasteiger partial charge in [-0.3, -0.25) is 14.8 Å². The molecule has 0 aliphatic carbocycles. The maximum atomic E-state index is 10.8. The van der Waals surface area contributed by atoms with E-state index in [0.717, 1.165) is 11.3 Å². The lowest BCUT2D eigenvalue weighted by Crippen LogP contribution is -2.19. The number of hydrogen-bond acceptors (Lipinski definition) is 4. The monoisotopic (exact) mass is 401 g/mol. The van der Waals surface area contributed by atoms with Gasteiger partial charge in [-0.05, 0) is 42.9 Å². The molecule has 0 saturated carbocycles. The van der Waals surface area contributed by atoms with E-state index >= 15 is 0 Å². The molecule has 0 amide bonds. The molecule has 9 heteroatoms. The van der Waals surface area contributed by atoms with Crippen LogP contribution in [0.2, 0.25) is 5.02 Å². The van der Waals surface area contributed by atoms with Crippen LogP contribution in [-0.2, 0) is 6.54 Å². The van der Waals surface area contributed by atoms with Crippen molar-refractivity contribution in [3.8, 4) is 0 Å². The van der Waals surface area contributed by atoms with Crippen LogP contribution < -0.4 is 10.6 Å². The fourth-order valence-corrected chi connectivity index (χ4v) is 2.82. The predicted molar refractivity (Wildman–Crippen MR) is 110 cm³/mol. The molecule has 7 nitrogen and oxygen atoms in total. The van der Waals surface area contributed by atoms with Crippen molar-refractivity contribution in [3.05, 3.63) is 81.0 Å². The average molecular weight is 402 g/mol. The molecule has 27 heavy (non-hydrogen) atoms. The first kappa shape index (κ1) is 18.8. The Morgan fingerprint density at radius 1 is 1.22 bits per heavy atom. The second-order valence-corrected chi connectivity index (χ2v) is 6.69. The van der Waals surface area contributed by atoms with E-state index in [2.05, 4.69) is 15.7 Å². The van der Waals surface area contributed by atoms with Gasteiger partial charge in [-0.1, -0.05) is 29.8 Å². The van der Waals surface area contributed by atoms with Crippen LogP contribution in [0.5, 0.6) is 0 Å². The summed E-state index contributed by atoms with van der Waals surface area (Å²) in [6, 6.07) is 15.6. The Hall–Kier alpha value is -2.97. The largest absolute Gasteiger partial charge is 0.332 e. The Kier molecular flexibility index (Phi) is 5.68. The van der Waals surface area contributed by atoms with E-state index in [1.165, 1.54) is 12.1 Å². The number of thiocarbonyl (C=S) groups is 1. The minimum Gasteiger partial charge on any atom is -0.332 e. The molecule has 0 unspecified atom stereocenters. The number of nitrogens with zero attached hydrogens (tertiary/aromatic N) is 3. The van der Waals surface area contributed by atoms with Gasteiger partial charge in [-0.2, -0.15) is 5.10 Å². The average Bonchev–Trinajstić information content (AvgIpc) is 2.96. The van der Waals surface area contributed by atoms with Crippen molar-refractivity contribution in [3.63, 3.8) is 0 Å². The van der Waals surface area contributed by atoms with Crippen molar-refractivity contribution in [2.45, 2.75) is 13.5 Å². The number of nitro groups is 1. The summed E-state index contributed by atoms with van der Waals surface area (Å²) in [5.74, 6) is 0.587. The fraction of sp³-hybridized carbons (Fsp3) is 0.111. The van der Waals surface area contributed by atoms with Crippen molar-refractivity contribution in [2.75, 3.05) is 10.6 Å². The van der Waals surface area contributed by atoms with Gasteiger partial charge in [0.05, 0.1) is 11.5 Å². The van der Waals surface area contributed by atoms with E-state index in [0.29, 0.717) is 28.2 Å². The number of non-ortho nitro benzene ring substituents is 1. The molecule has 0 aliphatic rings. The number of aromatic nitrogens is 2. The number of anilines is 2. The SMILES string of the molecule is Cc1cc(NC(=S)Nc2cccc([N+](=O)[O-])c2)nn1Cc1ccc(Cl)cc1. The highest BCUT2D eigenvalue weighted by molar-refractivity contribution is 7.80. The summed E-state index contributed by atoms with van der Waals surface area (Å²) >= 11 is 11.2. The molecule has 3 aromatic rings. The van der Waals surface area contributed by atoms with Gasteiger partial charge in [0.1, 0.15) is 0 Å². The zero-order valence-corrected chi connectivity index (χ0v) is 15.9. The van der Waals surface area contributed by atoms with Crippen LogP contribution in [0.25, 0.3) is 0 Å². The summed E-state index contributed by atoms with van der Waals surface area (Å²) in [6.45, 7) is 2.56. The molecule has 2 N–H and O–H groups in total. The Labute approximate surface area is 166 Å². The molecule has 138 valence electrons. The Morgan fingerprint density at radius 3 is 2.67 bits per heavy atom. The third-order valence-electron chi connectivity index (χ3n) is 3.78. The first-order valence-corrected chi connectivity index (χ1v) is 8.81. The topological polar surface area (TPSA) is 85.0 Å². The molecule has 0 atom stereocenters. The third kappa shape index (κ3) is 5.02. The molecule has 0 saturated heterocycles. The number of nitrogens with one attached hydrogen (secondary N) is 2. The lowest BCUT2D eigenvalue weighted by atomic mass is 10.2. The highest BCUT2D eigenvalue weighted by Crippen LogP contribution is 2.18. The Morgan fingerprint density at radius 2 is 1.96 bits per heavy atom. The molecule has 0 spiro atoms. The molecule has 0 radical (unpaired) electrons. The number of nitro benzene ring substituents is 1. The van der Waals surface area contributed by atoms with E-state index in [9.17, 15) is 10.1 Å². The number of hydrogen-bond donors (Lipinski definition) is 2. The van der Waals surface area contributed by atoms with Gasteiger partial charge in [-0.15, -0.1) is 0 Å². The second-order valence-electron chi connectivity index (χ2n) is 5.84. The number of halogens is 1. The highest BCUT2D eigenvalue weighted by Gasteiger charge is 2.09. The smallest absolute Gasteiger partial charge is 0.271 e. The van der Waals surface area contributed by atoms with Gasteiger partial charge >= 0.3 is 0 Å². The van der Waals surface area contributed by atoms with Crippen molar-refractivity contribution < 1.29 is 4.92 Å². The summed E-state index contributed by atoms with van der Waals surface area (Å²) in [7, 11) is 0. The lowest BCUT2D eigenvalue weighted by Gasteiger charge is -2.08. The number of aryl methyl sites for hydroxylation is 1. The van der Waals surface area contributed by atoms with Crippen LogP contribution >= 0.6 is 23.8 Å². The highest BCUT2D eigenvalue weighted by atomic mass is 35.5. The van der Waals surface area contributed by atoms with Crippen LogP contribution in [0.3, 0.4) is 0 Å². The molecular weight excluding hydrogens is 386 g/mol. The molecule has 3 rings (SSSR count). The standard InChI is InChI=1S/C18H16ClN5O2S/c1-12-9-17(22-23(12)11-13-5-7-14(19)8-6-13)21-18(27)20-15-3-2-4-16(10-15)24(25)26/h2-10H,11H2,1H3,(H2,20,21,22,27). The molecule has 2 aromatic carbocycles. The van der Waals surface area contributed by atoms with Crippen LogP contribution in [0.4, 0.5) is 17.2 Å². The van der Waals surface area contributed by atoms with Gasteiger partial charge in [-0.25, -0.2) is 0 Å². The minimum absolute atomic E-state index is 0.00844. The number of benzene rings is 2. The molecule has 1 aromatic heterocycles. The summed E-state index contributed by atoms with van der Waals surface area (Å²) in [4.78, 5) is 10.4. The van der Waals surface area contributed by atoms with Crippen molar-refractivity contribution in [1.29, 1.82) is 0 Å². The van der Waals surface area contributed by atoms with Gasteiger partial charge in [0.25, 0.3) is 5.69 Å². The molecule has 0 fully saturated rings. The first-order valence-electron chi connectivity index (χ1n) is 8.02. The van der Waals surface area contributed by atoms with Crippen LogP contribution in [0.1, 0.15) is 11.3 Å². The third-order valence-corrected chi connectivity index (χ3v) is 4.24. The molecule has 0 bridgehead atoms. The summed E-state index contributed by atoms with van der Waals surface area (Å²) in [5.41, 5.74) is 2.56. The lowest BCUT2D eigenvalue weighted by molar-refractivity contribution is -0.384. The van der Waals surface area contributed by atoms with E-state index in [1.54, 1.807) is 12.1 Å². The minimum atomic E-state index is -0.455.